The predicted molar refractivity (Wildman–Crippen MR) is 126 cm³/mol. The zero-order chi connectivity index (χ0) is 25.7. The number of anilines is 1. The van der Waals surface area contributed by atoms with E-state index in [2.05, 4.69) is 21.3 Å². The van der Waals surface area contributed by atoms with Crippen LogP contribution in [0, 0.1) is 11.8 Å². The Hall–Kier alpha value is -3.63. The van der Waals surface area contributed by atoms with Crippen molar-refractivity contribution in [3.63, 3.8) is 0 Å². The van der Waals surface area contributed by atoms with Crippen molar-refractivity contribution in [1.82, 2.24) is 16.0 Å². The quantitative estimate of drug-likeness (QED) is 0.198. The minimum absolute atomic E-state index is 0.113. The molecule has 1 rings (SSSR count). The normalized spacial score (nSPS) is 12.4. The number of carbonyl (C=O) groups excluding carboxylic acids is 5. The van der Waals surface area contributed by atoms with Crippen molar-refractivity contribution in [3.05, 3.63) is 29.8 Å². The molecule has 0 aliphatic rings. The van der Waals surface area contributed by atoms with Gasteiger partial charge in [-0.15, -0.1) is 0 Å². The summed E-state index contributed by atoms with van der Waals surface area (Å²) in [5.41, 5.74) is 6.30. The average Bonchev–Trinajstić information content (AvgIpc) is 2.78. The van der Waals surface area contributed by atoms with Crippen LogP contribution in [-0.4, -0.2) is 48.9 Å². The maximum absolute atomic E-state index is 13.0. The average molecular weight is 478 g/mol. The molecule has 2 atom stereocenters. The lowest BCUT2D eigenvalue weighted by Gasteiger charge is -2.26. The van der Waals surface area contributed by atoms with E-state index in [-0.39, 0.29) is 37.3 Å². The molecule has 0 saturated heterocycles. The van der Waals surface area contributed by atoms with E-state index < -0.39 is 29.9 Å². The van der Waals surface area contributed by atoms with E-state index in [9.17, 15) is 24.0 Å². The summed E-state index contributed by atoms with van der Waals surface area (Å²) in [6, 6.07) is 4.27. The molecule has 0 aliphatic heterocycles. The van der Waals surface area contributed by atoms with E-state index in [0.717, 1.165) is 5.56 Å². The molecule has 0 saturated carbocycles. The van der Waals surface area contributed by atoms with Gasteiger partial charge in [0.25, 0.3) is 6.47 Å². The number of hydrogen-bond acceptors (Lipinski definition) is 6. The zero-order valence-corrected chi connectivity index (χ0v) is 20.1. The van der Waals surface area contributed by atoms with Crippen LogP contribution in [0.5, 0.6) is 0 Å². The Morgan fingerprint density at radius 2 is 1.62 bits per heavy atom. The van der Waals surface area contributed by atoms with Crippen molar-refractivity contribution in [2.24, 2.45) is 17.6 Å². The summed E-state index contributed by atoms with van der Waals surface area (Å²) in [6.07, 6.45) is 0.611. The monoisotopic (exact) mass is 477 g/mol. The van der Waals surface area contributed by atoms with Crippen LogP contribution in [0.3, 0.4) is 0 Å². The molecule has 1 aromatic carbocycles. The van der Waals surface area contributed by atoms with Gasteiger partial charge in [-0.2, -0.15) is 0 Å². The summed E-state index contributed by atoms with van der Waals surface area (Å²) in [5.74, 6) is -1.70. The van der Waals surface area contributed by atoms with E-state index in [0.29, 0.717) is 18.6 Å². The van der Waals surface area contributed by atoms with Gasteiger partial charge in [-0.3, -0.25) is 19.2 Å². The first-order valence-electron chi connectivity index (χ1n) is 11.1. The number of rotatable bonds is 14. The Morgan fingerprint density at radius 1 is 0.971 bits per heavy atom. The maximum Gasteiger partial charge on any atom is 0.312 e. The molecule has 2 unspecified atom stereocenters. The van der Waals surface area contributed by atoms with Gasteiger partial charge in [-0.05, 0) is 36.5 Å². The van der Waals surface area contributed by atoms with Crippen LogP contribution in [0.15, 0.2) is 24.3 Å². The molecule has 0 bridgehead atoms. The summed E-state index contributed by atoms with van der Waals surface area (Å²) in [4.78, 5) is 59.3. The molecule has 1 aromatic rings. The van der Waals surface area contributed by atoms with Gasteiger partial charge < -0.3 is 31.7 Å². The highest BCUT2D eigenvalue weighted by molar-refractivity contribution is 5.98. The van der Waals surface area contributed by atoms with Crippen LogP contribution >= 0.6 is 0 Å². The maximum atomic E-state index is 13.0. The lowest BCUT2D eigenvalue weighted by Crippen LogP contribution is -2.55. The molecule has 11 nitrogen and oxygen atoms in total. The van der Waals surface area contributed by atoms with Gasteiger partial charge in [0.2, 0.25) is 17.7 Å². The summed E-state index contributed by atoms with van der Waals surface area (Å²) >= 11 is 0. The number of hydrogen-bond donors (Lipinski definition) is 5. The van der Waals surface area contributed by atoms with Crippen LogP contribution in [0.2, 0.25) is 0 Å². The second-order valence-corrected chi connectivity index (χ2v) is 8.47. The van der Waals surface area contributed by atoms with Crippen molar-refractivity contribution in [1.29, 1.82) is 0 Å². The summed E-state index contributed by atoms with van der Waals surface area (Å²) in [5, 5.41) is 10.6. The molecule has 0 spiro atoms. The van der Waals surface area contributed by atoms with Gasteiger partial charge in [0.1, 0.15) is 18.7 Å². The Kier molecular flexibility index (Phi) is 12.1. The van der Waals surface area contributed by atoms with Gasteiger partial charge >= 0.3 is 6.03 Å². The Morgan fingerprint density at radius 3 is 2.15 bits per heavy atom. The van der Waals surface area contributed by atoms with E-state index in [1.54, 1.807) is 52.0 Å². The molecule has 0 fully saturated rings. The van der Waals surface area contributed by atoms with Crippen LogP contribution in [0.4, 0.5) is 10.5 Å². The highest BCUT2D eigenvalue weighted by atomic mass is 16.5. The van der Waals surface area contributed by atoms with E-state index in [1.807, 2.05) is 0 Å². The minimum atomic E-state index is -0.919. The third-order valence-corrected chi connectivity index (χ3v) is 4.91. The van der Waals surface area contributed by atoms with E-state index in [1.165, 1.54) is 0 Å². The molecule has 6 N–H and O–H groups in total. The first-order chi connectivity index (χ1) is 16.0. The first kappa shape index (κ1) is 28.4. The Balaban J connectivity index is 2.91. The first-order valence-corrected chi connectivity index (χ1v) is 11.1. The Bertz CT molecular complexity index is 841. The number of nitrogens with two attached hydrogens (primary N) is 1. The van der Waals surface area contributed by atoms with Gasteiger partial charge in [0.05, 0.1) is 0 Å². The molecule has 0 aromatic heterocycles. The van der Waals surface area contributed by atoms with Crippen LogP contribution in [0.25, 0.3) is 0 Å². The third kappa shape index (κ3) is 10.3. The molecule has 0 radical (unpaired) electrons. The van der Waals surface area contributed by atoms with Gasteiger partial charge in [0.15, 0.2) is 0 Å². The predicted octanol–water partition coefficient (Wildman–Crippen LogP) is 1.03. The molecule has 5 amide bonds. The smallest absolute Gasteiger partial charge is 0.312 e. The molecule has 188 valence electrons. The number of ether oxygens (including phenoxy) is 1. The molecular formula is C23H35N5O6. The number of amides is 5. The van der Waals surface area contributed by atoms with Gasteiger partial charge in [-0.25, -0.2) is 4.79 Å². The van der Waals surface area contributed by atoms with Gasteiger partial charge in [-0.1, -0.05) is 39.8 Å². The Labute approximate surface area is 199 Å². The van der Waals surface area contributed by atoms with Crippen molar-refractivity contribution >= 4 is 35.9 Å². The fourth-order valence-electron chi connectivity index (χ4n) is 2.95. The topological polar surface area (TPSA) is 169 Å². The highest BCUT2D eigenvalue weighted by Gasteiger charge is 2.29. The molecule has 34 heavy (non-hydrogen) atoms. The summed E-state index contributed by atoms with van der Waals surface area (Å²) < 4.78 is 4.69. The van der Waals surface area contributed by atoms with E-state index >= 15 is 0 Å². The number of urea groups is 1. The van der Waals surface area contributed by atoms with Crippen LogP contribution in [0.1, 0.15) is 46.1 Å². The largest absolute Gasteiger partial charge is 0.463 e. The second kappa shape index (κ2) is 14.5. The van der Waals surface area contributed by atoms with Crippen LogP contribution in [-0.2, 0) is 30.5 Å². The lowest BCUT2D eigenvalue weighted by molar-refractivity contribution is -0.133. The van der Waals surface area contributed by atoms with E-state index in [4.69, 9.17) is 10.5 Å². The molecule has 11 heteroatoms. The molecular weight excluding hydrogens is 442 g/mol. The van der Waals surface area contributed by atoms with Crippen molar-refractivity contribution in [3.8, 4) is 0 Å². The standard InChI is InChI=1S/C23H35N5O6/c1-14(2)19(28-20(30)15(3)4)22(32)27-18(6-5-11-25-23(24)33)21(31)26-17-9-7-16(8-10-17)12-34-13-29/h7-10,13-15,18-19H,5-6,11-12H2,1-4H3,(H,26,31)(H,27,32)(H,28,30)(H3,24,25,33). The lowest BCUT2D eigenvalue weighted by atomic mass is 10.0. The summed E-state index contributed by atoms with van der Waals surface area (Å²) in [6.45, 7) is 7.75. The number of carbonyl (C=O) groups is 5. The fraction of sp³-hybridized carbons (Fsp3) is 0.522. The van der Waals surface area contributed by atoms with Crippen molar-refractivity contribution < 1.29 is 28.7 Å². The fourth-order valence-corrected chi connectivity index (χ4v) is 2.95. The number of benzene rings is 1. The molecule has 0 aliphatic carbocycles. The SMILES string of the molecule is CC(C)C(=O)NC(C(=O)NC(CCCNC(N)=O)C(=O)Nc1ccc(COC=O)cc1)C(C)C. The zero-order valence-electron chi connectivity index (χ0n) is 20.1. The number of nitrogens with one attached hydrogen (secondary N) is 4. The summed E-state index contributed by atoms with van der Waals surface area (Å²) in [7, 11) is 0. The van der Waals surface area contributed by atoms with Crippen molar-refractivity contribution in [2.75, 3.05) is 11.9 Å². The third-order valence-electron chi connectivity index (χ3n) is 4.91. The minimum Gasteiger partial charge on any atom is -0.463 e. The van der Waals surface area contributed by atoms with Crippen LogP contribution < -0.4 is 27.0 Å². The highest BCUT2D eigenvalue weighted by Crippen LogP contribution is 2.12. The molecule has 0 heterocycles. The second-order valence-electron chi connectivity index (χ2n) is 8.47. The number of primary amides is 1. The van der Waals surface area contributed by atoms with Gasteiger partial charge in [0, 0.05) is 18.2 Å². The van der Waals surface area contributed by atoms with Crippen molar-refractivity contribution in [2.45, 2.75) is 59.2 Å².